The standard InChI is InChI=1S/C25H21ClF3N3O2S/c26-19-3-1-2-16(12-19)4-7-23(33)31-20-13-18(24-30-14-22(32-24)25(27,28)29)5-6-21(20)34-15-17-8-10-35-11-9-17/h1-3,5-6,12-14,17H,8-11,15H2,(H,30,32)(H,31,33). The highest BCUT2D eigenvalue weighted by Gasteiger charge is 2.33. The number of alkyl halides is 3. The van der Waals surface area contributed by atoms with Gasteiger partial charge in [0.25, 0.3) is 0 Å². The van der Waals surface area contributed by atoms with Crippen LogP contribution in [0.15, 0.2) is 48.7 Å². The van der Waals surface area contributed by atoms with Gasteiger partial charge in [0.15, 0.2) is 0 Å². The Hall–Kier alpha value is -3.09. The molecule has 0 atom stereocenters. The van der Waals surface area contributed by atoms with Crippen LogP contribution in [0.4, 0.5) is 18.9 Å². The zero-order valence-electron chi connectivity index (χ0n) is 18.4. The molecule has 1 aliphatic rings. The number of imidazole rings is 1. The second-order valence-electron chi connectivity index (χ2n) is 7.94. The quantitative estimate of drug-likeness (QED) is 0.390. The summed E-state index contributed by atoms with van der Waals surface area (Å²) in [4.78, 5) is 18.7. The summed E-state index contributed by atoms with van der Waals surface area (Å²) in [6.07, 6.45) is -1.72. The van der Waals surface area contributed by atoms with E-state index < -0.39 is 17.8 Å². The number of aromatic amines is 1. The number of aromatic nitrogens is 2. The van der Waals surface area contributed by atoms with E-state index in [0.717, 1.165) is 30.5 Å². The summed E-state index contributed by atoms with van der Waals surface area (Å²) in [5.41, 5.74) is 0.271. The van der Waals surface area contributed by atoms with Crippen molar-refractivity contribution in [3.63, 3.8) is 0 Å². The topological polar surface area (TPSA) is 67.0 Å². The van der Waals surface area contributed by atoms with Crippen molar-refractivity contribution in [3.05, 3.63) is 64.9 Å². The maximum Gasteiger partial charge on any atom is 0.432 e. The van der Waals surface area contributed by atoms with E-state index in [9.17, 15) is 18.0 Å². The SMILES string of the molecule is O=C(C#Cc1cccc(Cl)c1)Nc1cc(-c2ncc(C(F)(F)F)[nH]2)ccc1OCC1CCSCC1. The van der Waals surface area contributed by atoms with Crippen molar-refractivity contribution in [3.8, 4) is 29.0 Å². The van der Waals surface area contributed by atoms with E-state index in [0.29, 0.717) is 40.1 Å². The number of nitrogens with one attached hydrogen (secondary N) is 2. The van der Waals surface area contributed by atoms with Gasteiger partial charge in [-0.15, -0.1) is 0 Å². The van der Waals surface area contributed by atoms with Crippen LogP contribution in [0.2, 0.25) is 5.02 Å². The van der Waals surface area contributed by atoms with Gasteiger partial charge in [-0.05, 0) is 66.7 Å². The first-order valence-electron chi connectivity index (χ1n) is 10.8. The van der Waals surface area contributed by atoms with Gasteiger partial charge in [-0.25, -0.2) is 4.98 Å². The maximum absolute atomic E-state index is 13.0. The number of thioether (sulfide) groups is 1. The van der Waals surface area contributed by atoms with Gasteiger partial charge in [-0.2, -0.15) is 24.9 Å². The van der Waals surface area contributed by atoms with E-state index in [4.69, 9.17) is 16.3 Å². The molecule has 1 aliphatic heterocycles. The molecule has 0 saturated carbocycles. The molecule has 182 valence electrons. The third kappa shape index (κ3) is 6.96. The summed E-state index contributed by atoms with van der Waals surface area (Å²) in [5.74, 6) is 7.64. The Morgan fingerprint density at radius 3 is 2.74 bits per heavy atom. The van der Waals surface area contributed by atoms with Crippen molar-refractivity contribution in [2.75, 3.05) is 23.4 Å². The van der Waals surface area contributed by atoms with E-state index >= 15 is 0 Å². The Balaban J connectivity index is 1.57. The van der Waals surface area contributed by atoms with Gasteiger partial charge in [0.2, 0.25) is 0 Å². The summed E-state index contributed by atoms with van der Waals surface area (Å²) in [5, 5.41) is 3.19. The first-order valence-corrected chi connectivity index (χ1v) is 12.4. The molecule has 0 bridgehead atoms. The molecule has 1 amide bonds. The lowest BCUT2D eigenvalue weighted by Crippen LogP contribution is -2.18. The Morgan fingerprint density at radius 2 is 2.03 bits per heavy atom. The van der Waals surface area contributed by atoms with E-state index in [1.807, 2.05) is 11.8 Å². The van der Waals surface area contributed by atoms with Gasteiger partial charge in [0.1, 0.15) is 17.3 Å². The lowest BCUT2D eigenvalue weighted by Gasteiger charge is -2.22. The van der Waals surface area contributed by atoms with Gasteiger partial charge in [-0.1, -0.05) is 23.6 Å². The molecule has 0 unspecified atom stereocenters. The molecule has 2 aromatic carbocycles. The number of hydrogen-bond donors (Lipinski definition) is 2. The number of ether oxygens (including phenoxy) is 1. The van der Waals surface area contributed by atoms with Gasteiger partial charge in [0.05, 0.1) is 18.5 Å². The van der Waals surface area contributed by atoms with Crippen molar-refractivity contribution in [2.24, 2.45) is 5.92 Å². The van der Waals surface area contributed by atoms with Crippen LogP contribution in [0.3, 0.4) is 0 Å². The molecule has 1 saturated heterocycles. The molecule has 10 heteroatoms. The summed E-state index contributed by atoms with van der Waals surface area (Å²) in [6, 6.07) is 11.5. The van der Waals surface area contributed by atoms with E-state index in [2.05, 4.69) is 27.1 Å². The normalized spacial score (nSPS) is 14.2. The highest BCUT2D eigenvalue weighted by molar-refractivity contribution is 7.99. The molecule has 5 nitrogen and oxygen atoms in total. The van der Waals surface area contributed by atoms with Crippen LogP contribution in [-0.4, -0.2) is 34.0 Å². The summed E-state index contributed by atoms with van der Waals surface area (Å²) < 4.78 is 45.0. The number of carbonyl (C=O) groups excluding carboxylic acids is 1. The lowest BCUT2D eigenvalue weighted by atomic mass is 10.0. The fourth-order valence-corrected chi connectivity index (χ4v) is 4.88. The van der Waals surface area contributed by atoms with Crippen molar-refractivity contribution in [2.45, 2.75) is 19.0 Å². The van der Waals surface area contributed by atoms with Crippen molar-refractivity contribution < 1.29 is 22.7 Å². The number of rotatable bonds is 5. The van der Waals surface area contributed by atoms with Gasteiger partial charge < -0.3 is 15.0 Å². The van der Waals surface area contributed by atoms with Crippen molar-refractivity contribution in [1.82, 2.24) is 9.97 Å². The summed E-state index contributed by atoms with van der Waals surface area (Å²) in [6.45, 7) is 0.482. The van der Waals surface area contributed by atoms with Crippen LogP contribution in [-0.2, 0) is 11.0 Å². The first kappa shape index (κ1) is 25.0. The van der Waals surface area contributed by atoms with Gasteiger partial charge >= 0.3 is 12.1 Å². The second-order valence-corrected chi connectivity index (χ2v) is 9.60. The Bertz CT molecular complexity index is 1260. The largest absolute Gasteiger partial charge is 0.491 e. The molecular weight excluding hydrogens is 499 g/mol. The Morgan fingerprint density at radius 1 is 1.23 bits per heavy atom. The molecule has 0 aliphatic carbocycles. The van der Waals surface area contributed by atoms with Crippen molar-refractivity contribution in [1.29, 1.82) is 0 Å². The third-order valence-electron chi connectivity index (χ3n) is 5.34. The molecule has 2 heterocycles. The fraction of sp³-hybridized carbons (Fsp3) is 0.280. The number of anilines is 1. The molecule has 35 heavy (non-hydrogen) atoms. The van der Waals surface area contributed by atoms with Crippen LogP contribution in [0.25, 0.3) is 11.4 Å². The number of hydrogen-bond acceptors (Lipinski definition) is 4. The predicted molar refractivity (Wildman–Crippen MR) is 132 cm³/mol. The van der Waals surface area contributed by atoms with E-state index in [-0.39, 0.29) is 5.82 Å². The number of halogens is 4. The van der Waals surface area contributed by atoms with Crippen LogP contribution >= 0.6 is 23.4 Å². The summed E-state index contributed by atoms with van der Waals surface area (Å²) in [7, 11) is 0. The minimum atomic E-state index is -4.54. The predicted octanol–water partition coefficient (Wildman–Crippen LogP) is 6.26. The van der Waals surface area contributed by atoms with Crippen LogP contribution < -0.4 is 10.1 Å². The van der Waals surface area contributed by atoms with Crippen LogP contribution in [0, 0.1) is 17.8 Å². The molecule has 0 radical (unpaired) electrons. The summed E-state index contributed by atoms with van der Waals surface area (Å²) >= 11 is 7.86. The molecule has 2 N–H and O–H groups in total. The van der Waals surface area contributed by atoms with Gasteiger partial charge in [0, 0.05) is 22.1 Å². The third-order valence-corrected chi connectivity index (χ3v) is 6.63. The maximum atomic E-state index is 13.0. The fourth-order valence-electron chi connectivity index (χ4n) is 3.48. The van der Waals surface area contributed by atoms with Crippen LogP contribution in [0.5, 0.6) is 5.75 Å². The zero-order valence-corrected chi connectivity index (χ0v) is 20.0. The van der Waals surface area contributed by atoms with Crippen molar-refractivity contribution >= 4 is 35.0 Å². The highest BCUT2D eigenvalue weighted by atomic mass is 35.5. The minimum absolute atomic E-state index is 0.0219. The molecular formula is C25H21ClF3N3O2S. The Labute approximate surface area is 209 Å². The number of carbonyl (C=O) groups is 1. The first-order chi connectivity index (χ1) is 16.8. The zero-order chi connectivity index (χ0) is 24.8. The number of benzene rings is 2. The van der Waals surface area contributed by atoms with E-state index in [1.165, 1.54) is 6.07 Å². The Kier molecular flexibility index (Phi) is 7.93. The van der Waals surface area contributed by atoms with Crippen LogP contribution in [0.1, 0.15) is 24.1 Å². The molecule has 4 rings (SSSR count). The highest BCUT2D eigenvalue weighted by Crippen LogP contribution is 2.33. The number of H-pyrrole nitrogens is 1. The molecule has 1 aromatic heterocycles. The molecule has 0 spiro atoms. The smallest absolute Gasteiger partial charge is 0.432 e. The number of amides is 1. The monoisotopic (exact) mass is 519 g/mol. The lowest BCUT2D eigenvalue weighted by molar-refractivity contribution is -0.140. The molecule has 3 aromatic rings. The van der Waals surface area contributed by atoms with E-state index in [1.54, 1.807) is 36.4 Å². The average Bonchev–Trinajstić information content (AvgIpc) is 3.34. The average molecular weight is 520 g/mol. The minimum Gasteiger partial charge on any atom is -0.491 e. The second kappa shape index (κ2) is 11.1. The number of nitrogens with zero attached hydrogens (tertiary/aromatic N) is 1. The molecule has 1 fully saturated rings. The van der Waals surface area contributed by atoms with Gasteiger partial charge in [-0.3, -0.25) is 4.79 Å².